The van der Waals surface area contributed by atoms with Gasteiger partial charge in [-0.05, 0) is 12.8 Å². The van der Waals surface area contributed by atoms with Crippen molar-refractivity contribution in [2.45, 2.75) is 20.3 Å². The van der Waals surface area contributed by atoms with Crippen LogP contribution in [0.1, 0.15) is 13.8 Å². The van der Waals surface area contributed by atoms with Gasteiger partial charge < -0.3 is 4.90 Å². The molecule has 0 aromatic heterocycles. The average molecular weight is 189 g/mol. The van der Waals surface area contributed by atoms with E-state index in [0.29, 0.717) is 13.1 Å². The van der Waals surface area contributed by atoms with Crippen LogP contribution in [0, 0.1) is 5.92 Å². The molecule has 2 nitrogen and oxygen atoms in total. The van der Waals surface area contributed by atoms with Gasteiger partial charge in [0.15, 0.2) is 0 Å². The van der Waals surface area contributed by atoms with Gasteiger partial charge in [0.25, 0.3) is 5.91 Å². The summed E-state index contributed by atoms with van der Waals surface area (Å²) in [7, 11) is 0. The number of nitrogens with zero attached hydrogens (tertiary/aromatic N) is 1. The monoisotopic (exact) mass is 189 g/mol. The first kappa shape index (κ1) is 10.2. The molecule has 1 aliphatic heterocycles. The molecule has 1 amide bonds. The minimum absolute atomic E-state index is 0.177. The second kappa shape index (κ2) is 3.85. The van der Waals surface area contributed by atoms with E-state index >= 15 is 0 Å². The van der Waals surface area contributed by atoms with Gasteiger partial charge in [-0.3, -0.25) is 4.79 Å². The highest BCUT2D eigenvalue weighted by molar-refractivity contribution is 5.79. The Balaban J connectivity index is 2.65. The zero-order valence-corrected chi connectivity index (χ0v) is 7.76. The van der Waals surface area contributed by atoms with E-state index in [9.17, 15) is 13.6 Å². The van der Waals surface area contributed by atoms with E-state index in [1.54, 1.807) is 0 Å². The summed E-state index contributed by atoms with van der Waals surface area (Å²) in [5, 5.41) is 0. The molecule has 0 saturated carbocycles. The normalized spacial score (nSPS) is 23.3. The fourth-order valence-corrected chi connectivity index (χ4v) is 1.61. The predicted molar refractivity (Wildman–Crippen MR) is 45.5 cm³/mol. The van der Waals surface area contributed by atoms with Crippen LogP contribution in [0.15, 0.2) is 11.6 Å². The standard InChI is InChI=1S/C9H13F2NO/c1-6-3-7(2)5-12(4-6)9(13)8(10)11/h3,6,8H,4-5H2,1-2H3. The predicted octanol–water partition coefficient (Wildman–Crippen LogP) is 1.68. The molecule has 0 saturated heterocycles. The molecule has 0 bridgehead atoms. The molecule has 0 radical (unpaired) electrons. The van der Waals surface area contributed by atoms with Crippen molar-refractivity contribution in [2.24, 2.45) is 5.92 Å². The number of rotatable bonds is 1. The Kier molecular flexibility index (Phi) is 3.01. The van der Waals surface area contributed by atoms with Crippen molar-refractivity contribution < 1.29 is 13.6 Å². The third-order valence-corrected chi connectivity index (χ3v) is 2.02. The van der Waals surface area contributed by atoms with Crippen molar-refractivity contribution in [2.75, 3.05) is 13.1 Å². The smallest absolute Gasteiger partial charge is 0.315 e. The Labute approximate surface area is 76.2 Å². The van der Waals surface area contributed by atoms with Gasteiger partial charge in [0.05, 0.1) is 0 Å². The van der Waals surface area contributed by atoms with Gasteiger partial charge >= 0.3 is 6.43 Å². The lowest BCUT2D eigenvalue weighted by molar-refractivity contribution is -0.143. The molecule has 0 spiro atoms. The maximum Gasteiger partial charge on any atom is 0.315 e. The Morgan fingerprint density at radius 3 is 2.77 bits per heavy atom. The summed E-state index contributed by atoms with van der Waals surface area (Å²) in [4.78, 5) is 12.2. The zero-order valence-electron chi connectivity index (χ0n) is 7.76. The molecule has 1 aliphatic rings. The van der Waals surface area contributed by atoms with Gasteiger partial charge in [-0.15, -0.1) is 0 Å². The van der Waals surface area contributed by atoms with Crippen LogP contribution in [0.25, 0.3) is 0 Å². The van der Waals surface area contributed by atoms with Crippen LogP contribution in [0.2, 0.25) is 0 Å². The average Bonchev–Trinajstić information content (AvgIpc) is 2.01. The Hall–Kier alpha value is -0.930. The number of amides is 1. The highest BCUT2D eigenvalue weighted by Gasteiger charge is 2.26. The van der Waals surface area contributed by atoms with E-state index < -0.39 is 12.3 Å². The molecule has 1 heterocycles. The summed E-state index contributed by atoms with van der Waals surface area (Å²) < 4.78 is 24.1. The van der Waals surface area contributed by atoms with Gasteiger partial charge in [-0.25, -0.2) is 0 Å². The molecular formula is C9H13F2NO. The molecule has 1 unspecified atom stereocenters. The third-order valence-electron chi connectivity index (χ3n) is 2.02. The summed E-state index contributed by atoms with van der Waals surface area (Å²) in [6, 6.07) is 0. The fourth-order valence-electron chi connectivity index (χ4n) is 1.61. The SMILES string of the molecule is CC1=CC(C)CN(C(=O)C(F)F)C1. The molecule has 1 atom stereocenters. The van der Waals surface area contributed by atoms with Crippen molar-refractivity contribution in [1.82, 2.24) is 4.90 Å². The van der Waals surface area contributed by atoms with Gasteiger partial charge in [0.1, 0.15) is 0 Å². The van der Waals surface area contributed by atoms with Crippen molar-refractivity contribution in [3.63, 3.8) is 0 Å². The molecule has 0 aliphatic carbocycles. The minimum Gasteiger partial charge on any atom is -0.333 e. The summed E-state index contributed by atoms with van der Waals surface area (Å²) in [5.41, 5.74) is 0.979. The highest BCUT2D eigenvalue weighted by atomic mass is 19.3. The number of carbonyl (C=O) groups is 1. The molecule has 0 N–H and O–H groups in total. The zero-order chi connectivity index (χ0) is 10.0. The summed E-state index contributed by atoms with van der Waals surface area (Å²) in [6.45, 7) is 4.50. The topological polar surface area (TPSA) is 20.3 Å². The second-order valence-electron chi connectivity index (χ2n) is 3.51. The van der Waals surface area contributed by atoms with Crippen LogP contribution in [0.3, 0.4) is 0 Å². The maximum atomic E-state index is 12.1. The Bertz CT molecular complexity index is 238. The van der Waals surface area contributed by atoms with Crippen molar-refractivity contribution in [1.29, 1.82) is 0 Å². The van der Waals surface area contributed by atoms with Crippen LogP contribution in [-0.4, -0.2) is 30.3 Å². The molecule has 4 heteroatoms. The lowest BCUT2D eigenvalue weighted by Gasteiger charge is -2.29. The number of hydrogen-bond acceptors (Lipinski definition) is 1. The van der Waals surface area contributed by atoms with Crippen molar-refractivity contribution in [3.8, 4) is 0 Å². The van der Waals surface area contributed by atoms with E-state index in [1.165, 1.54) is 4.90 Å². The molecular weight excluding hydrogens is 176 g/mol. The van der Waals surface area contributed by atoms with E-state index in [-0.39, 0.29) is 5.92 Å². The first-order chi connectivity index (χ1) is 6.00. The fraction of sp³-hybridized carbons (Fsp3) is 0.667. The maximum absolute atomic E-state index is 12.1. The van der Waals surface area contributed by atoms with Gasteiger partial charge in [-0.1, -0.05) is 18.6 Å². The van der Waals surface area contributed by atoms with Crippen LogP contribution < -0.4 is 0 Å². The summed E-state index contributed by atoms with van der Waals surface area (Å²) in [5.74, 6) is -0.879. The van der Waals surface area contributed by atoms with Gasteiger partial charge in [-0.2, -0.15) is 8.78 Å². The molecule has 0 aromatic rings. The molecule has 0 aromatic carbocycles. The quantitative estimate of drug-likeness (QED) is 0.575. The first-order valence-corrected chi connectivity index (χ1v) is 4.25. The summed E-state index contributed by atoms with van der Waals surface area (Å²) >= 11 is 0. The lowest BCUT2D eigenvalue weighted by atomic mass is 10.0. The molecule has 13 heavy (non-hydrogen) atoms. The van der Waals surface area contributed by atoms with Gasteiger partial charge in [0, 0.05) is 13.1 Å². The number of alkyl halides is 2. The van der Waals surface area contributed by atoms with Crippen molar-refractivity contribution >= 4 is 5.91 Å². The minimum atomic E-state index is -2.88. The molecule has 0 fully saturated rings. The van der Waals surface area contributed by atoms with Crippen LogP contribution in [0.5, 0.6) is 0 Å². The Morgan fingerprint density at radius 1 is 1.69 bits per heavy atom. The molecule has 74 valence electrons. The number of hydrogen-bond donors (Lipinski definition) is 0. The summed E-state index contributed by atoms with van der Waals surface area (Å²) in [6.07, 6.45) is -0.868. The largest absolute Gasteiger partial charge is 0.333 e. The first-order valence-electron chi connectivity index (χ1n) is 4.25. The van der Waals surface area contributed by atoms with Gasteiger partial charge in [0.2, 0.25) is 0 Å². The Morgan fingerprint density at radius 2 is 2.31 bits per heavy atom. The van der Waals surface area contributed by atoms with Crippen LogP contribution in [-0.2, 0) is 4.79 Å². The number of carbonyl (C=O) groups excluding carboxylic acids is 1. The molecule has 1 rings (SSSR count). The van der Waals surface area contributed by atoms with E-state index in [2.05, 4.69) is 0 Å². The lowest BCUT2D eigenvalue weighted by Crippen LogP contribution is -2.41. The van der Waals surface area contributed by atoms with E-state index in [1.807, 2.05) is 19.9 Å². The van der Waals surface area contributed by atoms with E-state index in [4.69, 9.17) is 0 Å². The number of halogens is 2. The third kappa shape index (κ3) is 2.50. The second-order valence-corrected chi connectivity index (χ2v) is 3.51. The highest BCUT2D eigenvalue weighted by Crippen LogP contribution is 2.15. The van der Waals surface area contributed by atoms with Crippen LogP contribution >= 0.6 is 0 Å². The van der Waals surface area contributed by atoms with E-state index in [0.717, 1.165) is 5.57 Å². The van der Waals surface area contributed by atoms with Crippen LogP contribution in [0.4, 0.5) is 8.78 Å². The van der Waals surface area contributed by atoms with Crippen molar-refractivity contribution in [3.05, 3.63) is 11.6 Å².